The zero-order chi connectivity index (χ0) is 18.7. The molecule has 144 valence electrons. The van der Waals surface area contributed by atoms with Crippen LogP contribution in [-0.4, -0.2) is 56.7 Å². The second-order valence-electron chi connectivity index (χ2n) is 6.94. The van der Waals surface area contributed by atoms with Crippen molar-refractivity contribution in [3.8, 4) is 0 Å². The molecule has 1 aromatic carbocycles. The topological polar surface area (TPSA) is 73.8 Å². The Balaban J connectivity index is 1.48. The summed E-state index contributed by atoms with van der Waals surface area (Å²) in [6.45, 7) is 2.83. The summed E-state index contributed by atoms with van der Waals surface area (Å²) in [5.74, 6) is 1.42. The van der Waals surface area contributed by atoms with Crippen molar-refractivity contribution in [1.29, 1.82) is 0 Å². The van der Waals surface area contributed by atoms with Gasteiger partial charge in [0.25, 0.3) is 0 Å². The Morgan fingerprint density at radius 3 is 2.65 bits per heavy atom. The van der Waals surface area contributed by atoms with Crippen LogP contribution in [-0.2, 0) is 10.0 Å². The third kappa shape index (κ3) is 4.69. The van der Waals surface area contributed by atoms with Crippen LogP contribution in [0.3, 0.4) is 0 Å². The number of halogens is 1. The number of rotatable bonds is 5. The van der Waals surface area contributed by atoms with Gasteiger partial charge in [0, 0.05) is 43.2 Å². The highest BCUT2D eigenvalue weighted by molar-refractivity contribution is 7.89. The van der Waals surface area contributed by atoms with Gasteiger partial charge in [-0.15, -0.1) is 0 Å². The van der Waals surface area contributed by atoms with Gasteiger partial charge in [0.1, 0.15) is 0 Å². The Labute approximate surface area is 161 Å². The molecule has 1 heterocycles. The van der Waals surface area contributed by atoms with Crippen LogP contribution in [0.2, 0.25) is 5.02 Å². The highest BCUT2D eigenvalue weighted by Gasteiger charge is 2.39. The van der Waals surface area contributed by atoms with E-state index in [0.717, 1.165) is 30.2 Å². The molecule has 3 rings (SSSR count). The number of guanidine groups is 1. The van der Waals surface area contributed by atoms with Gasteiger partial charge in [-0.25, -0.2) is 12.7 Å². The zero-order valence-corrected chi connectivity index (χ0v) is 16.9. The van der Waals surface area contributed by atoms with Crippen LogP contribution < -0.4 is 10.6 Å². The van der Waals surface area contributed by atoms with Gasteiger partial charge >= 0.3 is 0 Å². The molecular weight excluding hydrogens is 372 g/mol. The van der Waals surface area contributed by atoms with E-state index in [4.69, 9.17) is 11.6 Å². The van der Waals surface area contributed by atoms with Crippen molar-refractivity contribution in [2.75, 3.05) is 25.9 Å². The van der Waals surface area contributed by atoms with E-state index in [1.54, 1.807) is 18.3 Å². The highest BCUT2D eigenvalue weighted by Crippen LogP contribution is 2.41. The fourth-order valence-corrected chi connectivity index (χ4v) is 4.79. The average molecular weight is 399 g/mol. The molecule has 0 spiro atoms. The molecule has 2 aliphatic rings. The predicted molar refractivity (Wildman–Crippen MR) is 106 cm³/mol. The monoisotopic (exact) mass is 398 g/mol. The summed E-state index contributed by atoms with van der Waals surface area (Å²) in [5.41, 5.74) is 1.25. The van der Waals surface area contributed by atoms with E-state index in [2.05, 4.69) is 21.7 Å². The van der Waals surface area contributed by atoms with Crippen molar-refractivity contribution >= 4 is 27.6 Å². The molecule has 1 saturated carbocycles. The summed E-state index contributed by atoms with van der Waals surface area (Å²) in [7, 11) is -1.31. The maximum atomic E-state index is 11.9. The SMILES string of the molecule is CCS(=O)(=O)N1CCC(NC(=NC)NC2CC2c2cccc(Cl)c2)CC1. The van der Waals surface area contributed by atoms with Crippen molar-refractivity contribution < 1.29 is 8.42 Å². The van der Waals surface area contributed by atoms with E-state index in [9.17, 15) is 8.42 Å². The van der Waals surface area contributed by atoms with Gasteiger partial charge < -0.3 is 10.6 Å². The van der Waals surface area contributed by atoms with Crippen molar-refractivity contribution in [2.24, 2.45) is 4.99 Å². The molecule has 2 N–H and O–H groups in total. The maximum Gasteiger partial charge on any atom is 0.213 e. The summed E-state index contributed by atoms with van der Waals surface area (Å²) >= 11 is 6.08. The summed E-state index contributed by atoms with van der Waals surface area (Å²) in [4.78, 5) is 4.33. The number of benzene rings is 1. The Morgan fingerprint density at radius 2 is 2.04 bits per heavy atom. The lowest BCUT2D eigenvalue weighted by atomic mass is 10.1. The first kappa shape index (κ1) is 19.5. The molecule has 1 aliphatic heterocycles. The number of aliphatic imine (C=N–C) groups is 1. The molecule has 2 fully saturated rings. The number of nitrogens with zero attached hydrogens (tertiary/aromatic N) is 2. The molecule has 0 amide bonds. The van der Waals surface area contributed by atoms with Gasteiger partial charge in [-0.2, -0.15) is 0 Å². The van der Waals surface area contributed by atoms with Gasteiger partial charge in [-0.1, -0.05) is 23.7 Å². The molecule has 0 radical (unpaired) electrons. The van der Waals surface area contributed by atoms with Crippen LogP contribution in [0.25, 0.3) is 0 Å². The Kier molecular flexibility index (Phi) is 6.10. The third-order valence-corrected chi connectivity index (χ3v) is 7.28. The third-order valence-electron chi connectivity index (χ3n) is 5.17. The number of hydrogen-bond donors (Lipinski definition) is 2. The second-order valence-corrected chi connectivity index (χ2v) is 9.63. The minimum atomic E-state index is -3.08. The number of hydrogen-bond acceptors (Lipinski definition) is 3. The minimum Gasteiger partial charge on any atom is -0.354 e. The molecule has 2 atom stereocenters. The lowest BCUT2D eigenvalue weighted by molar-refractivity contribution is 0.306. The molecule has 0 aromatic heterocycles. The minimum absolute atomic E-state index is 0.168. The fourth-order valence-electron chi connectivity index (χ4n) is 3.46. The van der Waals surface area contributed by atoms with E-state index < -0.39 is 10.0 Å². The van der Waals surface area contributed by atoms with Crippen molar-refractivity contribution in [3.63, 3.8) is 0 Å². The lowest BCUT2D eigenvalue weighted by Crippen LogP contribution is -2.50. The van der Waals surface area contributed by atoms with Crippen LogP contribution >= 0.6 is 11.6 Å². The van der Waals surface area contributed by atoms with E-state index in [1.165, 1.54) is 5.56 Å². The molecular formula is C18H27ClN4O2S. The summed E-state index contributed by atoms with van der Waals surface area (Å²) < 4.78 is 25.5. The number of piperidine rings is 1. The van der Waals surface area contributed by atoms with Crippen molar-refractivity contribution in [3.05, 3.63) is 34.9 Å². The fraction of sp³-hybridized carbons (Fsp3) is 0.611. The quantitative estimate of drug-likeness (QED) is 0.589. The molecule has 1 aliphatic carbocycles. The zero-order valence-electron chi connectivity index (χ0n) is 15.3. The highest BCUT2D eigenvalue weighted by atomic mass is 35.5. The van der Waals surface area contributed by atoms with E-state index in [0.29, 0.717) is 25.0 Å². The molecule has 0 bridgehead atoms. The average Bonchev–Trinajstić information content (AvgIpc) is 3.41. The van der Waals surface area contributed by atoms with Crippen LogP contribution in [0.1, 0.15) is 37.7 Å². The van der Waals surface area contributed by atoms with Crippen molar-refractivity contribution in [2.45, 2.75) is 44.2 Å². The van der Waals surface area contributed by atoms with Crippen LogP contribution in [0.15, 0.2) is 29.3 Å². The molecule has 2 unspecified atom stereocenters. The maximum absolute atomic E-state index is 11.9. The van der Waals surface area contributed by atoms with Crippen LogP contribution in [0.4, 0.5) is 0 Å². The number of sulfonamides is 1. The van der Waals surface area contributed by atoms with Gasteiger partial charge in [-0.05, 0) is 43.9 Å². The Bertz CT molecular complexity index is 760. The Hall–Kier alpha value is -1.31. The van der Waals surface area contributed by atoms with Gasteiger partial charge in [0.05, 0.1) is 5.75 Å². The first-order valence-corrected chi connectivity index (χ1v) is 11.1. The summed E-state index contributed by atoms with van der Waals surface area (Å²) in [6, 6.07) is 8.61. The van der Waals surface area contributed by atoms with E-state index in [1.807, 2.05) is 18.2 Å². The first-order chi connectivity index (χ1) is 12.4. The molecule has 8 heteroatoms. The van der Waals surface area contributed by atoms with E-state index >= 15 is 0 Å². The van der Waals surface area contributed by atoms with E-state index in [-0.39, 0.29) is 11.8 Å². The lowest BCUT2D eigenvalue weighted by Gasteiger charge is -2.32. The molecule has 6 nitrogen and oxygen atoms in total. The molecule has 1 saturated heterocycles. The van der Waals surface area contributed by atoms with Gasteiger partial charge in [-0.3, -0.25) is 4.99 Å². The summed E-state index contributed by atoms with van der Waals surface area (Å²) in [5, 5.41) is 7.68. The normalized spacial score (nSPS) is 25.1. The van der Waals surface area contributed by atoms with Crippen LogP contribution in [0, 0.1) is 0 Å². The standard InChI is InChI=1S/C18H27ClN4O2S/c1-3-26(24,25)23-9-7-15(8-10-23)21-18(20-2)22-17-12-16(17)13-5-4-6-14(19)11-13/h4-6,11,15-17H,3,7-10,12H2,1-2H3,(H2,20,21,22). The smallest absolute Gasteiger partial charge is 0.213 e. The van der Waals surface area contributed by atoms with Gasteiger partial charge in [0.2, 0.25) is 10.0 Å². The van der Waals surface area contributed by atoms with Crippen molar-refractivity contribution in [1.82, 2.24) is 14.9 Å². The summed E-state index contributed by atoms with van der Waals surface area (Å²) in [6.07, 6.45) is 2.65. The molecule has 26 heavy (non-hydrogen) atoms. The first-order valence-electron chi connectivity index (χ1n) is 9.16. The van der Waals surface area contributed by atoms with Crippen LogP contribution in [0.5, 0.6) is 0 Å². The van der Waals surface area contributed by atoms with Gasteiger partial charge in [0.15, 0.2) is 5.96 Å². The predicted octanol–water partition coefficient (Wildman–Crippen LogP) is 2.18. The second kappa shape index (κ2) is 8.15. The number of nitrogens with one attached hydrogen (secondary N) is 2. The Morgan fingerprint density at radius 1 is 1.31 bits per heavy atom. The molecule has 1 aromatic rings. The largest absolute Gasteiger partial charge is 0.354 e.